The average Bonchev–Trinajstić information content (AvgIpc) is 3.15. The van der Waals surface area contributed by atoms with E-state index in [4.69, 9.17) is 56.8 Å². The summed E-state index contributed by atoms with van der Waals surface area (Å²) >= 11 is 0. The number of ether oxygens (including phenoxy) is 12. The molecule has 0 aliphatic rings. The molecule has 362 valence electrons. The Morgan fingerprint density at radius 1 is 0.232 bits per heavy atom. The number of esters is 11. The van der Waals surface area contributed by atoms with Gasteiger partial charge in [0.2, 0.25) is 5.75 Å². The molecule has 0 saturated carbocycles. The first kappa shape index (κ1) is 52.5. The highest BCUT2D eigenvalue weighted by molar-refractivity contribution is 6.02. The summed E-state index contributed by atoms with van der Waals surface area (Å²) in [5.74, 6) is -19.4. The lowest BCUT2D eigenvalue weighted by Crippen LogP contribution is -2.15. The van der Waals surface area contributed by atoms with Gasteiger partial charge in [-0.15, -0.1) is 0 Å². The highest BCUT2D eigenvalue weighted by Gasteiger charge is 2.38. The number of hydrogen-bond acceptors (Lipinski definition) is 23. The van der Waals surface area contributed by atoms with E-state index < -0.39 is 145 Å². The van der Waals surface area contributed by atoms with Gasteiger partial charge in [0.15, 0.2) is 17.2 Å². The van der Waals surface area contributed by atoms with Crippen molar-refractivity contribution in [2.45, 2.75) is 76.2 Å². The van der Waals surface area contributed by atoms with E-state index >= 15 is 0 Å². The van der Waals surface area contributed by atoms with Crippen LogP contribution in [-0.4, -0.2) is 65.7 Å². The van der Waals surface area contributed by atoms with Crippen LogP contribution in [0.5, 0.6) is 74.7 Å². The molecule has 4 aromatic rings. The first-order valence-corrected chi connectivity index (χ1v) is 19.7. The van der Waals surface area contributed by atoms with Gasteiger partial charge < -0.3 is 56.8 Å². The zero-order chi connectivity index (χ0) is 51.6. The number of carbonyl (C=O) groups is 11. The second-order valence-corrected chi connectivity index (χ2v) is 13.9. The number of rotatable bonds is 15. The number of carbonyl (C=O) groups excluding carboxylic acids is 11. The van der Waals surface area contributed by atoms with E-state index in [2.05, 4.69) is 0 Å². The lowest BCUT2D eigenvalue weighted by molar-refractivity contribution is -0.134. The maximum Gasteiger partial charge on any atom is 0.308 e. The molecule has 23 nitrogen and oxygen atoms in total. The van der Waals surface area contributed by atoms with Crippen molar-refractivity contribution in [3.63, 3.8) is 0 Å². The summed E-state index contributed by atoms with van der Waals surface area (Å²) in [6.45, 7) is 10.5. The monoisotopic (exact) mass is 960 g/mol. The molecule has 0 aliphatic carbocycles. The van der Waals surface area contributed by atoms with Crippen molar-refractivity contribution in [3.8, 4) is 97.0 Å². The van der Waals surface area contributed by atoms with Gasteiger partial charge in [0.25, 0.3) is 0 Å². The van der Waals surface area contributed by atoms with Crippen molar-refractivity contribution >= 4 is 65.7 Å². The smallest absolute Gasteiger partial charge is 0.308 e. The third kappa shape index (κ3) is 14.4. The Balaban J connectivity index is 2.49. The molecule has 0 atom stereocenters. The van der Waals surface area contributed by atoms with Gasteiger partial charge in [-0.25, -0.2) is 0 Å². The normalized spacial score (nSPS) is 10.3. The summed E-state index contributed by atoms with van der Waals surface area (Å²) in [6.07, 6.45) is 0. The quantitative estimate of drug-likeness (QED) is 0.0975. The molecule has 0 amide bonds. The Morgan fingerprint density at radius 2 is 0.478 bits per heavy atom. The van der Waals surface area contributed by atoms with Crippen LogP contribution in [0.25, 0.3) is 22.3 Å². The molecule has 69 heavy (non-hydrogen) atoms. The summed E-state index contributed by atoms with van der Waals surface area (Å²) in [5, 5.41) is 0. The maximum atomic E-state index is 13.4. The van der Waals surface area contributed by atoms with Crippen LogP contribution in [0.2, 0.25) is 0 Å². The minimum Gasteiger partial charge on any atom is -0.449 e. The van der Waals surface area contributed by atoms with Gasteiger partial charge in [0, 0.05) is 119 Å². The zero-order valence-corrected chi connectivity index (χ0v) is 38.4. The molecule has 4 rings (SSSR count). The molecule has 4 aromatic carbocycles. The Morgan fingerprint density at radius 3 is 0.826 bits per heavy atom. The van der Waals surface area contributed by atoms with Gasteiger partial charge in [-0.2, -0.15) is 0 Å². The van der Waals surface area contributed by atoms with Crippen LogP contribution in [0.15, 0.2) is 42.5 Å². The van der Waals surface area contributed by atoms with Crippen LogP contribution < -0.4 is 56.8 Å². The molecule has 0 unspecified atom stereocenters. The SMILES string of the molecule is CC(=O)Oc1cc(OC(C)=O)cc(Oc2c(OC(C)=O)cc(OC(C)=O)c(-c3c(OC(C)=O)cc(OC(C)=O)c(-c4c(OC(C)=O)cc(OC(C)=O)cc4OC(C)=O)c3OC(C)=O)c2OC(C)=O)c1. The highest BCUT2D eigenvalue weighted by Crippen LogP contribution is 2.61. The van der Waals surface area contributed by atoms with Gasteiger partial charge >= 0.3 is 65.7 Å². The fourth-order valence-corrected chi connectivity index (χ4v) is 6.12. The molecular weight excluding hydrogens is 920 g/mol. The predicted octanol–water partition coefficient (Wildman–Crippen LogP) is 5.99. The van der Waals surface area contributed by atoms with E-state index in [-0.39, 0.29) is 17.2 Å². The molecule has 0 N–H and O–H groups in total. The maximum absolute atomic E-state index is 13.4. The van der Waals surface area contributed by atoms with Crippen LogP contribution in [0, 0.1) is 0 Å². The average molecular weight is 961 g/mol. The van der Waals surface area contributed by atoms with E-state index in [0.717, 1.165) is 119 Å². The Labute approximate surface area is 390 Å². The predicted molar refractivity (Wildman–Crippen MR) is 228 cm³/mol. The molecule has 0 bridgehead atoms. The fourth-order valence-electron chi connectivity index (χ4n) is 6.12. The largest absolute Gasteiger partial charge is 0.449 e. The summed E-state index contributed by atoms with van der Waals surface area (Å²) in [5.41, 5.74) is -2.71. The summed E-state index contributed by atoms with van der Waals surface area (Å²) < 4.78 is 66.6. The first-order chi connectivity index (χ1) is 32.2. The summed E-state index contributed by atoms with van der Waals surface area (Å²) in [4.78, 5) is 140. The lowest BCUT2D eigenvalue weighted by atomic mass is 9.92. The molecular formula is C46H40O23. The summed E-state index contributed by atoms with van der Waals surface area (Å²) in [6, 6.07) is 6.90. The molecule has 0 fully saturated rings. The minimum absolute atomic E-state index is 0.275. The van der Waals surface area contributed by atoms with E-state index in [1.54, 1.807) is 0 Å². The first-order valence-electron chi connectivity index (χ1n) is 19.7. The summed E-state index contributed by atoms with van der Waals surface area (Å²) in [7, 11) is 0. The van der Waals surface area contributed by atoms with Crippen molar-refractivity contribution in [1.82, 2.24) is 0 Å². The Kier molecular flexibility index (Phi) is 17.0. The van der Waals surface area contributed by atoms with E-state index in [0.29, 0.717) is 0 Å². The second kappa shape index (κ2) is 22.4. The van der Waals surface area contributed by atoms with Crippen molar-refractivity contribution in [2.75, 3.05) is 0 Å². The molecule has 0 heterocycles. The van der Waals surface area contributed by atoms with Crippen molar-refractivity contribution in [2.24, 2.45) is 0 Å². The molecule has 23 heteroatoms. The van der Waals surface area contributed by atoms with Gasteiger partial charge in [0.1, 0.15) is 51.7 Å². The van der Waals surface area contributed by atoms with Crippen LogP contribution >= 0.6 is 0 Å². The molecule has 0 aromatic heterocycles. The number of hydrogen-bond donors (Lipinski definition) is 0. The van der Waals surface area contributed by atoms with Crippen molar-refractivity contribution < 1.29 is 110 Å². The lowest BCUT2D eigenvalue weighted by Gasteiger charge is -2.26. The molecule has 0 radical (unpaired) electrons. The number of benzene rings is 4. The van der Waals surface area contributed by atoms with E-state index in [1.807, 2.05) is 0 Å². The van der Waals surface area contributed by atoms with Crippen LogP contribution in [0.3, 0.4) is 0 Å². The second-order valence-electron chi connectivity index (χ2n) is 13.9. The molecule has 0 saturated heterocycles. The van der Waals surface area contributed by atoms with E-state index in [1.165, 1.54) is 0 Å². The van der Waals surface area contributed by atoms with E-state index in [9.17, 15) is 52.7 Å². The third-order valence-corrected chi connectivity index (χ3v) is 7.79. The van der Waals surface area contributed by atoms with Crippen molar-refractivity contribution in [3.05, 3.63) is 42.5 Å². The van der Waals surface area contributed by atoms with Crippen molar-refractivity contribution in [1.29, 1.82) is 0 Å². The van der Waals surface area contributed by atoms with Gasteiger partial charge in [-0.05, 0) is 0 Å². The highest BCUT2D eigenvalue weighted by atomic mass is 16.6. The zero-order valence-electron chi connectivity index (χ0n) is 38.4. The minimum atomic E-state index is -1.21. The molecule has 0 aliphatic heterocycles. The topological polar surface area (TPSA) is 299 Å². The van der Waals surface area contributed by atoms with Gasteiger partial charge in [0.05, 0.1) is 22.3 Å². The Hall–Kier alpha value is -9.15. The third-order valence-electron chi connectivity index (χ3n) is 7.79. The van der Waals surface area contributed by atoms with Gasteiger partial charge in [-0.1, -0.05) is 0 Å². The van der Waals surface area contributed by atoms with Crippen LogP contribution in [-0.2, 0) is 52.7 Å². The fraction of sp³-hybridized carbons (Fsp3) is 0.239. The standard InChI is InChI=1S/C46H40O23/c1-19(47)58-30-12-31(59-20(2)48)14-32(13-30)69-44-39(66-27(9)55)18-38(65-26(8)54)43(46(44)68-29(11)57)42-37(64-25(7)53)17-36(63-24(6)52)41(45(42)67-28(10)56)40-34(61-22(4)50)15-33(60-21(3)49)16-35(40)62-23(5)51/h12-18H,1-11H3. The van der Waals surface area contributed by atoms with Crippen LogP contribution in [0.4, 0.5) is 0 Å². The Bertz CT molecular complexity index is 2780. The van der Waals surface area contributed by atoms with Crippen LogP contribution in [0.1, 0.15) is 76.2 Å². The van der Waals surface area contributed by atoms with Gasteiger partial charge in [-0.3, -0.25) is 52.7 Å². The molecule has 0 spiro atoms.